The standard InChI is InChI=1S/C10H10FN3/c1-7-4-2-3-5-9(7)14-10(11)8(12)6-13-14/h2-6H,12H2,1H3. The first-order valence-corrected chi connectivity index (χ1v) is 4.25. The molecule has 1 aromatic heterocycles. The van der Waals surface area contributed by atoms with Crippen molar-refractivity contribution in [2.24, 2.45) is 0 Å². The van der Waals surface area contributed by atoms with Gasteiger partial charge < -0.3 is 5.73 Å². The van der Waals surface area contributed by atoms with E-state index in [1.807, 2.05) is 25.1 Å². The van der Waals surface area contributed by atoms with Crippen LogP contribution in [0.5, 0.6) is 0 Å². The van der Waals surface area contributed by atoms with Crippen LogP contribution in [0.2, 0.25) is 0 Å². The molecule has 0 saturated carbocycles. The van der Waals surface area contributed by atoms with Crippen molar-refractivity contribution in [2.45, 2.75) is 6.92 Å². The molecule has 0 aliphatic rings. The highest BCUT2D eigenvalue weighted by Gasteiger charge is 2.09. The van der Waals surface area contributed by atoms with Crippen LogP contribution in [-0.4, -0.2) is 9.78 Å². The van der Waals surface area contributed by atoms with Crippen LogP contribution < -0.4 is 5.73 Å². The van der Waals surface area contributed by atoms with Crippen LogP contribution in [-0.2, 0) is 0 Å². The summed E-state index contributed by atoms with van der Waals surface area (Å²) in [5.74, 6) is -0.515. The van der Waals surface area contributed by atoms with E-state index in [-0.39, 0.29) is 5.69 Å². The summed E-state index contributed by atoms with van der Waals surface area (Å²) < 4.78 is 14.6. The van der Waals surface area contributed by atoms with Gasteiger partial charge in [-0.05, 0) is 18.6 Å². The monoisotopic (exact) mass is 191 g/mol. The minimum atomic E-state index is -0.515. The third kappa shape index (κ3) is 1.25. The molecule has 0 aliphatic heterocycles. The van der Waals surface area contributed by atoms with Crippen molar-refractivity contribution in [3.63, 3.8) is 0 Å². The third-order valence-corrected chi connectivity index (χ3v) is 2.08. The minimum absolute atomic E-state index is 0.0632. The first kappa shape index (κ1) is 8.74. The molecular weight excluding hydrogens is 181 g/mol. The van der Waals surface area contributed by atoms with Gasteiger partial charge in [0.1, 0.15) is 5.69 Å². The van der Waals surface area contributed by atoms with E-state index in [0.717, 1.165) is 5.56 Å². The molecule has 0 aliphatic carbocycles. The third-order valence-electron chi connectivity index (χ3n) is 2.08. The molecule has 0 spiro atoms. The highest BCUT2D eigenvalue weighted by atomic mass is 19.1. The summed E-state index contributed by atoms with van der Waals surface area (Å²) in [5, 5.41) is 3.86. The van der Waals surface area contributed by atoms with Crippen LogP contribution in [0.25, 0.3) is 5.69 Å². The van der Waals surface area contributed by atoms with Gasteiger partial charge in [-0.15, -0.1) is 0 Å². The summed E-state index contributed by atoms with van der Waals surface area (Å²) in [5.41, 5.74) is 7.10. The molecule has 0 fully saturated rings. The average molecular weight is 191 g/mol. The van der Waals surface area contributed by atoms with Crippen molar-refractivity contribution >= 4 is 5.69 Å². The van der Waals surface area contributed by atoms with Crippen LogP contribution in [0.15, 0.2) is 30.5 Å². The lowest BCUT2D eigenvalue weighted by Gasteiger charge is -2.05. The molecule has 0 radical (unpaired) electrons. The quantitative estimate of drug-likeness (QED) is 0.748. The number of nitrogen functional groups attached to an aromatic ring is 1. The molecule has 2 N–H and O–H groups in total. The fourth-order valence-corrected chi connectivity index (χ4v) is 1.32. The van der Waals surface area contributed by atoms with E-state index >= 15 is 0 Å². The van der Waals surface area contributed by atoms with Gasteiger partial charge in [-0.2, -0.15) is 9.49 Å². The molecule has 4 heteroatoms. The van der Waals surface area contributed by atoms with Gasteiger partial charge in [0.05, 0.1) is 11.9 Å². The Morgan fingerprint density at radius 3 is 2.64 bits per heavy atom. The van der Waals surface area contributed by atoms with Crippen molar-refractivity contribution in [1.82, 2.24) is 9.78 Å². The smallest absolute Gasteiger partial charge is 0.239 e. The first-order chi connectivity index (χ1) is 6.70. The molecule has 14 heavy (non-hydrogen) atoms. The van der Waals surface area contributed by atoms with E-state index in [1.165, 1.54) is 10.9 Å². The Bertz CT molecular complexity index is 462. The van der Waals surface area contributed by atoms with Gasteiger partial charge in [0, 0.05) is 0 Å². The second-order valence-electron chi connectivity index (χ2n) is 3.09. The van der Waals surface area contributed by atoms with Crippen LogP contribution in [0.3, 0.4) is 0 Å². The molecule has 0 atom stereocenters. The lowest BCUT2D eigenvalue weighted by atomic mass is 10.2. The van der Waals surface area contributed by atoms with Crippen LogP contribution in [0, 0.1) is 12.9 Å². The topological polar surface area (TPSA) is 43.8 Å². The van der Waals surface area contributed by atoms with Gasteiger partial charge in [-0.1, -0.05) is 18.2 Å². The maximum Gasteiger partial charge on any atom is 0.239 e. The zero-order chi connectivity index (χ0) is 10.1. The summed E-state index contributed by atoms with van der Waals surface area (Å²) in [7, 11) is 0. The Morgan fingerprint density at radius 1 is 1.36 bits per heavy atom. The zero-order valence-corrected chi connectivity index (χ0v) is 7.74. The van der Waals surface area contributed by atoms with Crippen molar-refractivity contribution in [1.29, 1.82) is 0 Å². The number of nitrogens with zero attached hydrogens (tertiary/aromatic N) is 2. The summed E-state index contributed by atoms with van der Waals surface area (Å²) in [4.78, 5) is 0. The van der Waals surface area contributed by atoms with Gasteiger partial charge in [0.15, 0.2) is 0 Å². The van der Waals surface area contributed by atoms with E-state index in [1.54, 1.807) is 6.07 Å². The van der Waals surface area contributed by atoms with Crippen molar-refractivity contribution in [2.75, 3.05) is 5.73 Å². The fourth-order valence-electron chi connectivity index (χ4n) is 1.32. The maximum absolute atomic E-state index is 13.4. The van der Waals surface area contributed by atoms with Gasteiger partial charge in [0.2, 0.25) is 5.95 Å². The largest absolute Gasteiger partial charge is 0.394 e. The highest BCUT2D eigenvalue weighted by molar-refractivity contribution is 5.43. The second kappa shape index (κ2) is 3.14. The maximum atomic E-state index is 13.4. The average Bonchev–Trinajstić information content (AvgIpc) is 2.49. The number of aromatic nitrogens is 2. The summed E-state index contributed by atoms with van der Waals surface area (Å²) in [6.45, 7) is 1.90. The van der Waals surface area contributed by atoms with Gasteiger partial charge in [0.25, 0.3) is 0 Å². The molecule has 0 amide bonds. The normalized spacial score (nSPS) is 10.4. The van der Waals surface area contributed by atoms with E-state index < -0.39 is 5.95 Å². The number of hydrogen-bond acceptors (Lipinski definition) is 2. The first-order valence-electron chi connectivity index (χ1n) is 4.25. The number of aryl methyl sites for hydroxylation is 1. The number of anilines is 1. The zero-order valence-electron chi connectivity index (χ0n) is 7.74. The number of hydrogen-bond donors (Lipinski definition) is 1. The van der Waals surface area contributed by atoms with Crippen molar-refractivity contribution in [3.8, 4) is 5.69 Å². The molecule has 72 valence electrons. The Hall–Kier alpha value is -1.84. The Labute approximate surface area is 81.0 Å². The number of nitrogens with two attached hydrogens (primary N) is 1. The van der Waals surface area contributed by atoms with Crippen LogP contribution in [0.4, 0.5) is 10.1 Å². The Morgan fingerprint density at radius 2 is 2.07 bits per heavy atom. The summed E-state index contributed by atoms with van der Waals surface area (Å²) in [6.07, 6.45) is 1.31. The lowest BCUT2D eigenvalue weighted by molar-refractivity contribution is 0.539. The van der Waals surface area contributed by atoms with E-state index in [2.05, 4.69) is 5.10 Å². The van der Waals surface area contributed by atoms with Crippen molar-refractivity contribution < 1.29 is 4.39 Å². The molecule has 0 saturated heterocycles. The fraction of sp³-hybridized carbons (Fsp3) is 0.100. The molecule has 2 aromatic rings. The molecule has 3 nitrogen and oxygen atoms in total. The van der Waals surface area contributed by atoms with Gasteiger partial charge >= 0.3 is 0 Å². The Balaban J connectivity index is 2.60. The number of benzene rings is 1. The predicted octanol–water partition coefficient (Wildman–Crippen LogP) is 1.90. The number of para-hydroxylation sites is 1. The molecule has 0 bridgehead atoms. The summed E-state index contributed by atoms with van der Waals surface area (Å²) in [6, 6.07) is 7.42. The number of halogens is 1. The van der Waals surface area contributed by atoms with E-state index in [4.69, 9.17) is 5.73 Å². The van der Waals surface area contributed by atoms with Gasteiger partial charge in [-0.3, -0.25) is 0 Å². The molecule has 2 rings (SSSR count). The Kier molecular flexibility index (Phi) is 1.96. The summed E-state index contributed by atoms with van der Waals surface area (Å²) >= 11 is 0. The number of rotatable bonds is 1. The minimum Gasteiger partial charge on any atom is -0.394 e. The lowest BCUT2D eigenvalue weighted by Crippen LogP contribution is -2.02. The predicted molar refractivity (Wildman–Crippen MR) is 52.7 cm³/mol. The van der Waals surface area contributed by atoms with E-state index in [0.29, 0.717) is 5.69 Å². The van der Waals surface area contributed by atoms with Gasteiger partial charge in [-0.25, -0.2) is 4.68 Å². The molecule has 1 aromatic carbocycles. The van der Waals surface area contributed by atoms with Crippen molar-refractivity contribution in [3.05, 3.63) is 42.0 Å². The molecule has 1 heterocycles. The van der Waals surface area contributed by atoms with Crippen LogP contribution >= 0.6 is 0 Å². The van der Waals surface area contributed by atoms with Crippen LogP contribution in [0.1, 0.15) is 5.56 Å². The SMILES string of the molecule is Cc1ccccc1-n1ncc(N)c1F. The second-order valence-corrected chi connectivity index (χ2v) is 3.09. The highest BCUT2D eigenvalue weighted by Crippen LogP contribution is 2.17. The molecule has 0 unspecified atom stereocenters. The molecular formula is C10H10FN3. The van der Waals surface area contributed by atoms with E-state index in [9.17, 15) is 4.39 Å².